The number of hydrogen-bond acceptors (Lipinski definition) is 5. The number of rotatable bonds is 11. The molecular formula is C26H29F2N3O4. The number of amides is 1. The molecule has 1 amide bonds. The summed E-state index contributed by atoms with van der Waals surface area (Å²) in [6.07, 6.45) is 4.21. The number of para-hydroxylation sites is 1. The Hall–Kier alpha value is -3.49. The summed E-state index contributed by atoms with van der Waals surface area (Å²) in [6, 6.07) is 10.5. The zero-order valence-corrected chi connectivity index (χ0v) is 19.9. The van der Waals surface area contributed by atoms with E-state index in [0.29, 0.717) is 43.4 Å². The van der Waals surface area contributed by atoms with Crippen LogP contribution in [-0.2, 0) is 17.9 Å². The highest BCUT2D eigenvalue weighted by Gasteiger charge is 2.32. The SMILES string of the molecule is CCOc1cc(CN(C(=O)CCCn2cnc3c(C)cccc3c2=O)C2CC2)ccc1OC(F)F. The second kappa shape index (κ2) is 10.8. The second-order valence-electron chi connectivity index (χ2n) is 8.66. The topological polar surface area (TPSA) is 73.7 Å². The van der Waals surface area contributed by atoms with Crippen LogP contribution in [0.3, 0.4) is 0 Å². The average Bonchev–Trinajstić information content (AvgIpc) is 3.66. The number of carbonyl (C=O) groups excluding carboxylic acids is 1. The van der Waals surface area contributed by atoms with Crippen LogP contribution in [0.25, 0.3) is 10.9 Å². The number of nitrogens with zero attached hydrogens (tertiary/aromatic N) is 3. The van der Waals surface area contributed by atoms with Gasteiger partial charge in [-0.2, -0.15) is 8.78 Å². The number of aryl methyl sites for hydroxylation is 2. The predicted molar refractivity (Wildman–Crippen MR) is 128 cm³/mol. The molecule has 3 aromatic rings. The van der Waals surface area contributed by atoms with Crippen molar-refractivity contribution in [2.75, 3.05) is 6.61 Å². The van der Waals surface area contributed by atoms with Gasteiger partial charge in [-0.3, -0.25) is 14.2 Å². The van der Waals surface area contributed by atoms with Crippen molar-refractivity contribution >= 4 is 16.8 Å². The molecule has 9 heteroatoms. The number of hydrogen-bond donors (Lipinski definition) is 0. The van der Waals surface area contributed by atoms with Gasteiger partial charge in [0.25, 0.3) is 5.56 Å². The Labute approximate surface area is 202 Å². The summed E-state index contributed by atoms with van der Waals surface area (Å²) in [5, 5.41) is 0.572. The van der Waals surface area contributed by atoms with Crippen molar-refractivity contribution in [3.05, 3.63) is 64.2 Å². The molecule has 2 aromatic carbocycles. The Kier molecular flexibility index (Phi) is 7.63. The number of fused-ring (bicyclic) bond motifs is 1. The molecule has 0 aliphatic heterocycles. The standard InChI is InChI=1S/C26H29F2N3O4/c1-3-34-22-14-18(9-12-21(22)35-26(27)28)15-31(19-10-11-19)23(32)8-5-13-30-16-29-24-17(2)6-4-7-20(24)25(30)33/h4,6-7,9,12,14,16,19,26H,3,5,8,10-11,13,15H2,1-2H3. The molecule has 0 radical (unpaired) electrons. The first-order chi connectivity index (χ1) is 16.9. The van der Waals surface area contributed by atoms with Gasteiger partial charge < -0.3 is 14.4 Å². The van der Waals surface area contributed by atoms with Crippen LogP contribution in [0.15, 0.2) is 47.5 Å². The fourth-order valence-corrected chi connectivity index (χ4v) is 4.16. The molecule has 1 aliphatic carbocycles. The summed E-state index contributed by atoms with van der Waals surface area (Å²) < 4.78 is 36.9. The van der Waals surface area contributed by atoms with Crippen LogP contribution in [0, 0.1) is 6.92 Å². The molecule has 0 spiro atoms. The van der Waals surface area contributed by atoms with Gasteiger partial charge in [0.2, 0.25) is 5.91 Å². The van der Waals surface area contributed by atoms with Crippen LogP contribution in [-0.4, -0.2) is 39.6 Å². The number of aromatic nitrogens is 2. The summed E-state index contributed by atoms with van der Waals surface area (Å²) >= 11 is 0. The van der Waals surface area contributed by atoms with E-state index < -0.39 is 6.61 Å². The Morgan fingerprint density at radius 2 is 2.03 bits per heavy atom. The van der Waals surface area contributed by atoms with E-state index in [4.69, 9.17) is 4.74 Å². The number of ether oxygens (including phenoxy) is 2. The van der Waals surface area contributed by atoms with Crippen LogP contribution < -0.4 is 15.0 Å². The van der Waals surface area contributed by atoms with Gasteiger partial charge in [-0.25, -0.2) is 4.98 Å². The minimum absolute atomic E-state index is 0.00370. The van der Waals surface area contributed by atoms with Gasteiger partial charge in [0.05, 0.1) is 23.8 Å². The average molecular weight is 486 g/mol. The summed E-state index contributed by atoms with van der Waals surface area (Å²) in [7, 11) is 0. The third-order valence-corrected chi connectivity index (χ3v) is 6.03. The largest absolute Gasteiger partial charge is 0.490 e. The Morgan fingerprint density at radius 1 is 1.23 bits per heavy atom. The van der Waals surface area contributed by atoms with Crippen molar-refractivity contribution in [2.45, 2.75) is 65.3 Å². The number of carbonyl (C=O) groups is 1. The molecule has 1 saturated carbocycles. The normalized spacial score (nSPS) is 13.3. The lowest BCUT2D eigenvalue weighted by Gasteiger charge is -2.23. The van der Waals surface area contributed by atoms with E-state index in [2.05, 4.69) is 9.72 Å². The molecule has 4 rings (SSSR count). The van der Waals surface area contributed by atoms with E-state index in [1.54, 1.807) is 36.0 Å². The molecule has 0 N–H and O–H groups in total. The van der Waals surface area contributed by atoms with Crippen molar-refractivity contribution in [1.29, 1.82) is 0 Å². The molecule has 7 nitrogen and oxygen atoms in total. The van der Waals surface area contributed by atoms with Crippen molar-refractivity contribution in [3.8, 4) is 11.5 Å². The fourth-order valence-electron chi connectivity index (χ4n) is 4.16. The maximum Gasteiger partial charge on any atom is 0.387 e. The lowest BCUT2D eigenvalue weighted by Crippen LogP contribution is -2.32. The van der Waals surface area contributed by atoms with Crippen molar-refractivity contribution in [3.63, 3.8) is 0 Å². The lowest BCUT2D eigenvalue weighted by atomic mass is 10.1. The minimum atomic E-state index is -2.95. The monoisotopic (exact) mass is 485 g/mol. The highest BCUT2D eigenvalue weighted by Crippen LogP contribution is 2.33. The highest BCUT2D eigenvalue weighted by atomic mass is 19.3. The number of halogens is 2. The third-order valence-electron chi connectivity index (χ3n) is 6.03. The lowest BCUT2D eigenvalue weighted by molar-refractivity contribution is -0.132. The Morgan fingerprint density at radius 3 is 2.74 bits per heavy atom. The minimum Gasteiger partial charge on any atom is -0.490 e. The summed E-state index contributed by atoms with van der Waals surface area (Å²) in [5.41, 5.74) is 2.31. The molecule has 0 atom stereocenters. The molecule has 0 saturated heterocycles. The quantitative estimate of drug-likeness (QED) is 0.394. The molecular weight excluding hydrogens is 456 g/mol. The fraction of sp³-hybridized carbons (Fsp3) is 0.423. The molecule has 1 fully saturated rings. The van der Waals surface area contributed by atoms with Gasteiger partial charge in [0.1, 0.15) is 0 Å². The first kappa shape index (κ1) is 24.6. The predicted octanol–water partition coefficient (Wildman–Crippen LogP) is 4.68. The molecule has 1 aromatic heterocycles. The van der Waals surface area contributed by atoms with Gasteiger partial charge in [-0.1, -0.05) is 18.2 Å². The van der Waals surface area contributed by atoms with Gasteiger partial charge >= 0.3 is 6.61 Å². The van der Waals surface area contributed by atoms with Crippen LogP contribution in [0.2, 0.25) is 0 Å². The summed E-state index contributed by atoms with van der Waals surface area (Å²) in [6.45, 7) is 1.79. The smallest absolute Gasteiger partial charge is 0.387 e. The van der Waals surface area contributed by atoms with Gasteiger partial charge in [-0.05, 0) is 62.4 Å². The first-order valence-electron chi connectivity index (χ1n) is 11.8. The maximum absolute atomic E-state index is 13.1. The van der Waals surface area contributed by atoms with Crippen LogP contribution in [0.5, 0.6) is 11.5 Å². The van der Waals surface area contributed by atoms with Crippen LogP contribution in [0.4, 0.5) is 8.78 Å². The Bertz CT molecular complexity index is 1260. The van der Waals surface area contributed by atoms with Crippen LogP contribution in [0.1, 0.15) is 43.7 Å². The molecule has 1 aliphatic rings. The molecule has 186 valence electrons. The van der Waals surface area contributed by atoms with E-state index in [9.17, 15) is 18.4 Å². The molecule has 0 bridgehead atoms. The van der Waals surface area contributed by atoms with Crippen molar-refractivity contribution in [1.82, 2.24) is 14.5 Å². The highest BCUT2D eigenvalue weighted by molar-refractivity contribution is 5.80. The van der Waals surface area contributed by atoms with Crippen LogP contribution >= 0.6 is 0 Å². The van der Waals surface area contributed by atoms with E-state index in [0.717, 1.165) is 24.0 Å². The number of alkyl halides is 2. The third kappa shape index (κ3) is 5.96. The van der Waals surface area contributed by atoms with Crippen molar-refractivity contribution < 1.29 is 23.0 Å². The first-order valence-corrected chi connectivity index (χ1v) is 11.8. The summed E-state index contributed by atoms with van der Waals surface area (Å²) in [4.78, 5) is 32.1. The van der Waals surface area contributed by atoms with Crippen molar-refractivity contribution in [2.24, 2.45) is 0 Å². The second-order valence-corrected chi connectivity index (χ2v) is 8.66. The molecule has 35 heavy (non-hydrogen) atoms. The van der Waals surface area contributed by atoms with Gasteiger partial charge in [-0.15, -0.1) is 0 Å². The maximum atomic E-state index is 13.1. The van der Waals surface area contributed by atoms with E-state index in [-0.39, 0.29) is 29.0 Å². The van der Waals surface area contributed by atoms with E-state index >= 15 is 0 Å². The molecule has 1 heterocycles. The molecule has 0 unspecified atom stereocenters. The Balaban J connectivity index is 1.41. The summed E-state index contributed by atoms with van der Waals surface area (Å²) in [5.74, 6) is 0.197. The van der Waals surface area contributed by atoms with E-state index in [1.807, 2.05) is 24.0 Å². The van der Waals surface area contributed by atoms with Gasteiger partial charge in [0.15, 0.2) is 11.5 Å². The van der Waals surface area contributed by atoms with Gasteiger partial charge in [0, 0.05) is 25.6 Å². The van der Waals surface area contributed by atoms with E-state index in [1.165, 1.54) is 6.07 Å². The number of benzene rings is 2. The zero-order valence-electron chi connectivity index (χ0n) is 19.9. The zero-order chi connectivity index (χ0) is 24.9.